The van der Waals surface area contributed by atoms with Crippen molar-refractivity contribution in [3.8, 4) is 5.75 Å². The molecule has 0 aliphatic rings. The molecule has 0 aliphatic carbocycles. The van der Waals surface area contributed by atoms with E-state index in [2.05, 4.69) is 48.1 Å². The molecule has 6 heteroatoms. The van der Waals surface area contributed by atoms with Crippen molar-refractivity contribution in [1.29, 1.82) is 0 Å². The van der Waals surface area contributed by atoms with Crippen LogP contribution in [0.15, 0.2) is 46.8 Å². The van der Waals surface area contributed by atoms with Crippen LogP contribution in [0.4, 0.5) is 0 Å². The van der Waals surface area contributed by atoms with Gasteiger partial charge in [-0.25, -0.2) is 0 Å². The molecule has 0 bridgehead atoms. The molecule has 0 aliphatic heterocycles. The van der Waals surface area contributed by atoms with Crippen molar-refractivity contribution in [2.75, 3.05) is 26.7 Å². The molecule has 0 amide bonds. The first-order valence-corrected chi connectivity index (χ1v) is 9.30. The van der Waals surface area contributed by atoms with E-state index in [1.807, 2.05) is 18.2 Å². The van der Waals surface area contributed by atoms with Crippen LogP contribution in [0.5, 0.6) is 5.75 Å². The van der Waals surface area contributed by atoms with E-state index >= 15 is 0 Å². The summed E-state index contributed by atoms with van der Waals surface area (Å²) in [6, 6.07) is 12.4. The first kappa shape index (κ1) is 21.8. The number of guanidine groups is 1. The van der Waals surface area contributed by atoms with E-state index in [0.717, 1.165) is 31.2 Å². The number of nitrogens with one attached hydrogen (secondary N) is 2. The summed E-state index contributed by atoms with van der Waals surface area (Å²) in [5, 5.41) is 8.83. The predicted octanol–water partition coefficient (Wildman–Crippen LogP) is 4.28. The highest BCUT2D eigenvalue weighted by molar-refractivity contribution is 14.0. The molecular formula is C19H28IN3OS. The van der Waals surface area contributed by atoms with Gasteiger partial charge in [0.15, 0.2) is 5.96 Å². The Morgan fingerprint density at radius 1 is 1.20 bits per heavy atom. The topological polar surface area (TPSA) is 45.7 Å². The number of methoxy groups -OCH3 is 1. The van der Waals surface area contributed by atoms with Gasteiger partial charge in [0.2, 0.25) is 0 Å². The van der Waals surface area contributed by atoms with E-state index in [-0.39, 0.29) is 24.0 Å². The summed E-state index contributed by atoms with van der Waals surface area (Å²) in [6.07, 6.45) is 1.02. The lowest BCUT2D eigenvalue weighted by atomic mass is 10.0. The number of ether oxygens (including phenoxy) is 1. The van der Waals surface area contributed by atoms with Gasteiger partial charge >= 0.3 is 0 Å². The van der Waals surface area contributed by atoms with Crippen LogP contribution >= 0.6 is 35.3 Å². The number of hydrogen-bond donors (Lipinski definition) is 2. The molecule has 0 fully saturated rings. The molecule has 1 unspecified atom stereocenters. The van der Waals surface area contributed by atoms with Gasteiger partial charge in [0.1, 0.15) is 5.75 Å². The van der Waals surface area contributed by atoms with Gasteiger partial charge in [0.05, 0.1) is 7.11 Å². The SMILES string of the molecule is CCNC(=NCC(C)c1ccccc1OC)NCCc1cccs1.I. The van der Waals surface area contributed by atoms with Gasteiger partial charge < -0.3 is 15.4 Å². The average molecular weight is 473 g/mol. The van der Waals surface area contributed by atoms with Crippen LogP contribution in [0, 0.1) is 0 Å². The maximum absolute atomic E-state index is 5.45. The molecule has 138 valence electrons. The fourth-order valence-electron chi connectivity index (χ4n) is 2.50. The largest absolute Gasteiger partial charge is 0.496 e. The van der Waals surface area contributed by atoms with E-state index in [1.54, 1.807) is 18.4 Å². The first-order chi connectivity index (χ1) is 11.7. The minimum atomic E-state index is 0. The summed E-state index contributed by atoms with van der Waals surface area (Å²) in [7, 11) is 1.71. The Bertz CT molecular complexity index is 631. The lowest BCUT2D eigenvalue weighted by Crippen LogP contribution is -2.38. The summed E-state index contributed by atoms with van der Waals surface area (Å²) >= 11 is 1.79. The zero-order valence-corrected chi connectivity index (χ0v) is 18.3. The zero-order valence-electron chi connectivity index (χ0n) is 15.1. The minimum absolute atomic E-state index is 0. The number of rotatable bonds is 8. The number of nitrogens with zero attached hydrogens (tertiary/aromatic N) is 1. The quantitative estimate of drug-likeness (QED) is 0.342. The summed E-state index contributed by atoms with van der Waals surface area (Å²) in [6.45, 7) is 6.72. The third-order valence-electron chi connectivity index (χ3n) is 3.78. The Labute approximate surface area is 172 Å². The zero-order chi connectivity index (χ0) is 17.2. The Balaban J connectivity index is 0.00000312. The molecule has 1 aromatic carbocycles. The van der Waals surface area contributed by atoms with Crippen molar-refractivity contribution in [3.05, 3.63) is 52.2 Å². The lowest BCUT2D eigenvalue weighted by Gasteiger charge is -2.15. The van der Waals surface area contributed by atoms with E-state index in [4.69, 9.17) is 9.73 Å². The molecule has 2 rings (SSSR count). The molecule has 1 heterocycles. The maximum Gasteiger partial charge on any atom is 0.191 e. The molecule has 1 aromatic heterocycles. The second-order valence-electron chi connectivity index (χ2n) is 5.62. The third kappa shape index (κ3) is 7.23. The molecule has 0 spiro atoms. The predicted molar refractivity (Wildman–Crippen MR) is 119 cm³/mol. The number of hydrogen-bond acceptors (Lipinski definition) is 3. The van der Waals surface area contributed by atoms with Gasteiger partial charge in [0, 0.05) is 30.4 Å². The van der Waals surface area contributed by atoms with Crippen molar-refractivity contribution >= 4 is 41.3 Å². The summed E-state index contributed by atoms with van der Waals surface area (Å²) < 4.78 is 5.45. The molecule has 0 radical (unpaired) electrons. The molecule has 2 N–H and O–H groups in total. The Morgan fingerprint density at radius 3 is 2.68 bits per heavy atom. The van der Waals surface area contributed by atoms with Crippen molar-refractivity contribution in [2.45, 2.75) is 26.2 Å². The van der Waals surface area contributed by atoms with Gasteiger partial charge in [-0.15, -0.1) is 35.3 Å². The molecule has 1 atom stereocenters. The van der Waals surface area contributed by atoms with Crippen LogP contribution < -0.4 is 15.4 Å². The molecule has 0 saturated carbocycles. The minimum Gasteiger partial charge on any atom is -0.496 e. The monoisotopic (exact) mass is 473 g/mol. The highest BCUT2D eigenvalue weighted by atomic mass is 127. The van der Waals surface area contributed by atoms with Crippen molar-refractivity contribution in [3.63, 3.8) is 0 Å². The van der Waals surface area contributed by atoms with Crippen molar-refractivity contribution < 1.29 is 4.74 Å². The number of aliphatic imine (C=N–C) groups is 1. The normalized spacial score (nSPS) is 12.2. The highest BCUT2D eigenvalue weighted by Gasteiger charge is 2.10. The van der Waals surface area contributed by atoms with E-state index in [0.29, 0.717) is 12.5 Å². The van der Waals surface area contributed by atoms with Gasteiger partial charge in [-0.05, 0) is 36.4 Å². The van der Waals surface area contributed by atoms with Crippen LogP contribution in [0.3, 0.4) is 0 Å². The summed E-state index contributed by atoms with van der Waals surface area (Å²) in [5.41, 5.74) is 1.19. The van der Waals surface area contributed by atoms with Crippen molar-refractivity contribution in [1.82, 2.24) is 10.6 Å². The first-order valence-electron chi connectivity index (χ1n) is 8.42. The lowest BCUT2D eigenvalue weighted by molar-refractivity contribution is 0.407. The van der Waals surface area contributed by atoms with Crippen molar-refractivity contribution in [2.24, 2.45) is 4.99 Å². The van der Waals surface area contributed by atoms with Crippen LogP contribution in [0.25, 0.3) is 0 Å². The number of benzene rings is 1. The van der Waals surface area contributed by atoms with E-state index < -0.39 is 0 Å². The Hall–Kier alpha value is -1.28. The average Bonchev–Trinajstić information content (AvgIpc) is 3.12. The van der Waals surface area contributed by atoms with Gasteiger partial charge in [-0.1, -0.05) is 31.2 Å². The number of thiophene rings is 1. The number of halogens is 1. The van der Waals surface area contributed by atoms with Crippen LogP contribution in [-0.4, -0.2) is 32.7 Å². The van der Waals surface area contributed by atoms with E-state index in [9.17, 15) is 0 Å². The summed E-state index contributed by atoms with van der Waals surface area (Å²) in [4.78, 5) is 6.12. The standard InChI is InChI=1S/C19H27N3OS.HI/c1-4-20-19(21-12-11-16-8-7-13-24-16)22-14-15(2)17-9-5-6-10-18(17)23-3;/h5-10,13,15H,4,11-12,14H2,1-3H3,(H2,20,21,22);1H. The van der Waals surface area contributed by atoms with E-state index in [1.165, 1.54) is 10.4 Å². The fraction of sp³-hybridized carbons (Fsp3) is 0.421. The van der Waals surface area contributed by atoms with Crippen LogP contribution in [0.1, 0.15) is 30.2 Å². The van der Waals surface area contributed by atoms with Gasteiger partial charge in [-0.2, -0.15) is 0 Å². The molecule has 25 heavy (non-hydrogen) atoms. The third-order valence-corrected chi connectivity index (χ3v) is 4.72. The maximum atomic E-state index is 5.45. The molecular weight excluding hydrogens is 445 g/mol. The Morgan fingerprint density at radius 2 is 2.00 bits per heavy atom. The highest BCUT2D eigenvalue weighted by Crippen LogP contribution is 2.26. The molecule has 0 saturated heterocycles. The smallest absolute Gasteiger partial charge is 0.191 e. The van der Waals surface area contributed by atoms with Gasteiger partial charge in [-0.3, -0.25) is 4.99 Å². The second-order valence-corrected chi connectivity index (χ2v) is 6.65. The molecule has 2 aromatic rings. The molecule has 4 nitrogen and oxygen atoms in total. The number of para-hydroxylation sites is 1. The van der Waals surface area contributed by atoms with Crippen LogP contribution in [-0.2, 0) is 6.42 Å². The summed E-state index contributed by atoms with van der Waals surface area (Å²) in [5.74, 6) is 2.10. The second kappa shape index (κ2) is 12.1. The Kier molecular flexibility index (Phi) is 10.6. The van der Waals surface area contributed by atoms with Crippen LogP contribution in [0.2, 0.25) is 0 Å². The van der Waals surface area contributed by atoms with Gasteiger partial charge in [0.25, 0.3) is 0 Å². The fourth-order valence-corrected chi connectivity index (χ4v) is 3.21.